The number of hydrazine groups is 1. The fourth-order valence-electron chi connectivity index (χ4n) is 1.84. The number of nitrogens with zero attached hydrogens (tertiary/aromatic N) is 1. The minimum absolute atomic E-state index is 0.0145. The lowest BCUT2D eigenvalue weighted by Crippen LogP contribution is -2.42. The van der Waals surface area contributed by atoms with Gasteiger partial charge in [0.1, 0.15) is 0 Å². The maximum absolute atomic E-state index is 12.1. The van der Waals surface area contributed by atoms with Crippen molar-refractivity contribution < 1.29 is 18.1 Å². The summed E-state index contributed by atoms with van der Waals surface area (Å²) in [6, 6.07) is 12.7. The number of aryl methyl sites for hydroxylation is 1. The molecule has 0 aliphatic rings. The highest BCUT2D eigenvalue weighted by Crippen LogP contribution is 2.22. The Kier molecular flexibility index (Phi) is 6.12. The number of hydrogen-bond acceptors (Lipinski definition) is 6. The van der Waals surface area contributed by atoms with Gasteiger partial charge in [-0.25, -0.2) is 8.42 Å². The Bertz CT molecular complexity index is 885. The van der Waals surface area contributed by atoms with Gasteiger partial charge in [0.15, 0.2) is 0 Å². The van der Waals surface area contributed by atoms with Crippen molar-refractivity contribution in [1.29, 1.82) is 0 Å². The molecule has 1 amide bonds. The Balaban J connectivity index is 1.98. The third-order valence-electron chi connectivity index (χ3n) is 3.13. The number of nitrogens with one attached hydrogen (secondary N) is 2. The van der Waals surface area contributed by atoms with Crippen LogP contribution in [0.5, 0.6) is 0 Å². The van der Waals surface area contributed by atoms with Crippen LogP contribution in [0, 0.1) is 17.0 Å². The molecule has 2 aromatic carbocycles. The number of sulfonamides is 1. The van der Waals surface area contributed by atoms with Gasteiger partial charge in [-0.1, -0.05) is 24.3 Å². The summed E-state index contributed by atoms with van der Waals surface area (Å²) in [5, 5.41) is 10.9. The molecule has 2 N–H and O–H groups in total. The Morgan fingerprint density at radius 1 is 1.20 bits per heavy atom. The zero-order valence-electron chi connectivity index (χ0n) is 13.1. The SMILES string of the molecule is Cc1ccc(S(=O)(=O)NNC(=O)CSc2ccccc2)cc1[N+](=O)[O-]. The van der Waals surface area contributed by atoms with Crippen LogP contribution in [-0.2, 0) is 14.8 Å². The van der Waals surface area contributed by atoms with Crippen molar-refractivity contribution >= 4 is 33.4 Å². The molecule has 0 saturated heterocycles. The average Bonchev–Trinajstić information content (AvgIpc) is 2.59. The van der Waals surface area contributed by atoms with Crippen LogP contribution in [0.2, 0.25) is 0 Å². The standard InChI is InChI=1S/C15H15N3O5S2/c1-11-7-8-13(9-14(11)18(20)21)25(22,23)17-16-15(19)10-24-12-5-3-2-4-6-12/h2-9,17H,10H2,1H3,(H,16,19). The highest BCUT2D eigenvalue weighted by molar-refractivity contribution is 8.00. The van der Waals surface area contributed by atoms with Crippen molar-refractivity contribution in [3.63, 3.8) is 0 Å². The third-order valence-corrected chi connectivity index (χ3v) is 5.38. The fraction of sp³-hybridized carbons (Fsp3) is 0.133. The molecule has 0 fully saturated rings. The zero-order chi connectivity index (χ0) is 18.4. The minimum atomic E-state index is -4.11. The molecule has 132 valence electrons. The Hall–Kier alpha value is -2.43. The normalized spacial score (nSPS) is 11.1. The molecule has 0 radical (unpaired) electrons. The summed E-state index contributed by atoms with van der Waals surface area (Å²) in [6.45, 7) is 1.50. The molecule has 0 unspecified atom stereocenters. The first-order valence-electron chi connectivity index (χ1n) is 7.03. The number of nitro groups is 1. The van der Waals surface area contributed by atoms with Crippen molar-refractivity contribution in [3.8, 4) is 0 Å². The highest BCUT2D eigenvalue weighted by atomic mass is 32.2. The van der Waals surface area contributed by atoms with Crippen molar-refractivity contribution in [1.82, 2.24) is 10.3 Å². The first kappa shape index (κ1) is 18.9. The van der Waals surface area contributed by atoms with E-state index < -0.39 is 20.9 Å². The monoisotopic (exact) mass is 381 g/mol. The maximum Gasteiger partial charge on any atom is 0.273 e. The molecule has 0 heterocycles. The summed E-state index contributed by atoms with van der Waals surface area (Å²) >= 11 is 1.25. The molecular formula is C15H15N3O5S2. The molecule has 10 heteroatoms. The predicted octanol–water partition coefficient (Wildman–Crippen LogP) is 2.01. The summed E-state index contributed by atoms with van der Waals surface area (Å²) in [4.78, 5) is 24.5. The molecule has 0 spiro atoms. The largest absolute Gasteiger partial charge is 0.277 e. The van der Waals surface area contributed by atoms with Crippen LogP contribution in [0.1, 0.15) is 5.56 Å². The van der Waals surface area contributed by atoms with E-state index in [0.717, 1.165) is 11.0 Å². The molecule has 0 aliphatic carbocycles. The van der Waals surface area contributed by atoms with Crippen LogP contribution < -0.4 is 10.3 Å². The zero-order valence-corrected chi connectivity index (χ0v) is 14.8. The van der Waals surface area contributed by atoms with E-state index in [1.165, 1.54) is 30.8 Å². The van der Waals surface area contributed by atoms with E-state index >= 15 is 0 Å². The van der Waals surface area contributed by atoms with E-state index in [1.54, 1.807) is 0 Å². The second kappa shape index (κ2) is 8.10. The van der Waals surface area contributed by atoms with Crippen LogP contribution >= 0.6 is 11.8 Å². The van der Waals surface area contributed by atoms with Gasteiger partial charge >= 0.3 is 0 Å². The Morgan fingerprint density at radius 2 is 1.88 bits per heavy atom. The Morgan fingerprint density at radius 3 is 2.52 bits per heavy atom. The van der Waals surface area contributed by atoms with Gasteiger partial charge in [0.25, 0.3) is 15.7 Å². The second-order valence-electron chi connectivity index (χ2n) is 4.96. The summed E-state index contributed by atoms with van der Waals surface area (Å²) in [5.74, 6) is -0.528. The quantitative estimate of drug-likeness (QED) is 0.430. The molecule has 25 heavy (non-hydrogen) atoms. The molecule has 0 aromatic heterocycles. The number of hydrogen-bond donors (Lipinski definition) is 2. The van der Waals surface area contributed by atoms with Crippen molar-refractivity contribution in [2.45, 2.75) is 16.7 Å². The second-order valence-corrected chi connectivity index (χ2v) is 7.69. The lowest BCUT2D eigenvalue weighted by atomic mass is 10.2. The average molecular weight is 381 g/mol. The van der Waals surface area contributed by atoms with Crippen LogP contribution in [0.3, 0.4) is 0 Å². The van der Waals surface area contributed by atoms with Gasteiger partial charge in [-0.3, -0.25) is 20.3 Å². The van der Waals surface area contributed by atoms with Crippen molar-refractivity contribution in [2.75, 3.05) is 5.75 Å². The molecule has 0 bridgehead atoms. The van der Waals surface area contributed by atoms with Crippen LogP contribution in [-0.4, -0.2) is 25.0 Å². The van der Waals surface area contributed by atoms with E-state index in [2.05, 4.69) is 5.43 Å². The van der Waals surface area contributed by atoms with Gasteiger partial charge in [-0.15, -0.1) is 16.6 Å². The van der Waals surface area contributed by atoms with E-state index in [9.17, 15) is 23.3 Å². The number of rotatable bonds is 7. The smallest absolute Gasteiger partial charge is 0.273 e. The van der Waals surface area contributed by atoms with Gasteiger partial charge < -0.3 is 0 Å². The summed E-state index contributed by atoms with van der Waals surface area (Å²) < 4.78 is 24.3. The van der Waals surface area contributed by atoms with E-state index in [1.807, 2.05) is 35.2 Å². The molecule has 0 aliphatic heterocycles. The minimum Gasteiger partial charge on any atom is -0.277 e. The number of amides is 1. The summed E-state index contributed by atoms with van der Waals surface area (Å²) in [6.07, 6.45) is 0. The number of carbonyl (C=O) groups excluding carboxylic acids is 1. The van der Waals surface area contributed by atoms with E-state index in [4.69, 9.17) is 0 Å². The van der Waals surface area contributed by atoms with Gasteiger partial charge in [0, 0.05) is 16.5 Å². The van der Waals surface area contributed by atoms with Crippen LogP contribution in [0.4, 0.5) is 5.69 Å². The molecule has 2 rings (SSSR count). The molecule has 0 atom stereocenters. The van der Waals surface area contributed by atoms with Gasteiger partial charge in [0.05, 0.1) is 15.6 Å². The first-order valence-corrected chi connectivity index (χ1v) is 9.50. The summed E-state index contributed by atoms with van der Waals surface area (Å²) in [5.41, 5.74) is 2.12. The number of carbonyl (C=O) groups is 1. The number of thioether (sulfide) groups is 1. The topological polar surface area (TPSA) is 118 Å². The first-order chi connectivity index (χ1) is 11.8. The van der Waals surface area contributed by atoms with E-state index in [0.29, 0.717) is 5.56 Å². The third kappa shape index (κ3) is 5.28. The van der Waals surface area contributed by atoms with E-state index in [-0.39, 0.29) is 16.3 Å². The molecule has 8 nitrogen and oxygen atoms in total. The molecular weight excluding hydrogens is 366 g/mol. The van der Waals surface area contributed by atoms with Crippen LogP contribution in [0.15, 0.2) is 58.3 Å². The van der Waals surface area contributed by atoms with Crippen molar-refractivity contribution in [3.05, 3.63) is 64.2 Å². The maximum atomic E-state index is 12.1. The Labute approximate surface area is 148 Å². The predicted molar refractivity (Wildman–Crippen MR) is 93.5 cm³/mol. The molecule has 0 saturated carbocycles. The van der Waals surface area contributed by atoms with Gasteiger partial charge in [-0.2, -0.15) is 0 Å². The van der Waals surface area contributed by atoms with Crippen molar-refractivity contribution in [2.24, 2.45) is 0 Å². The van der Waals surface area contributed by atoms with Gasteiger partial charge in [0.2, 0.25) is 5.91 Å². The molecule has 2 aromatic rings. The number of nitro benzene ring substituents is 1. The summed E-state index contributed by atoms with van der Waals surface area (Å²) in [7, 11) is -4.11. The highest BCUT2D eigenvalue weighted by Gasteiger charge is 2.20. The van der Waals surface area contributed by atoms with Gasteiger partial charge in [-0.05, 0) is 25.1 Å². The van der Waals surface area contributed by atoms with Crippen LogP contribution in [0.25, 0.3) is 0 Å². The lowest BCUT2D eigenvalue weighted by molar-refractivity contribution is -0.385. The number of benzene rings is 2. The fourth-order valence-corrected chi connectivity index (χ4v) is 3.44. The lowest BCUT2D eigenvalue weighted by Gasteiger charge is -2.09.